The van der Waals surface area contributed by atoms with Gasteiger partial charge in [-0.1, -0.05) is 32.9 Å². The predicted molar refractivity (Wildman–Crippen MR) is 111 cm³/mol. The minimum Gasteiger partial charge on any atom is -0.487 e. The molecule has 0 aliphatic heterocycles. The second kappa shape index (κ2) is 9.59. The lowest BCUT2D eigenvalue weighted by Gasteiger charge is -2.22. The van der Waals surface area contributed by atoms with Crippen LogP contribution in [-0.4, -0.2) is 24.7 Å². The summed E-state index contributed by atoms with van der Waals surface area (Å²) in [6.07, 6.45) is -4.30. The summed E-state index contributed by atoms with van der Waals surface area (Å²) in [5.41, 5.74) is -0.530. The molecule has 0 bridgehead atoms. The second-order valence-electron chi connectivity index (χ2n) is 7.34. The van der Waals surface area contributed by atoms with Crippen LogP contribution >= 0.6 is 0 Å². The van der Waals surface area contributed by atoms with Crippen LogP contribution in [0.15, 0.2) is 42.5 Å². The SMILES string of the molecule is CCC(C(C)C)S(=O)(=O)Nc1ccc(C(F)(F)F)cc1OCc1ccc(C(=O)O)cc1. The Kier molecular flexibility index (Phi) is 7.58. The first-order valence-electron chi connectivity index (χ1n) is 9.53. The van der Waals surface area contributed by atoms with Crippen LogP contribution in [0.3, 0.4) is 0 Å². The van der Waals surface area contributed by atoms with E-state index < -0.39 is 33.0 Å². The van der Waals surface area contributed by atoms with Gasteiger partial charge >= 0.3 is 12.1 Å². The monoisotopic (exact) mass is 459 g/mol. The molecule has 2 rings (SSSR count). The molecule has 2 aromatic rings. The fourth-order valence-corrected chi connectivity index (χ4v) is 4.87. The summed E-state index contributed by atoms with van der Waals surface area (Å²) in [4.78, 5) is 10.9. The highest BCUT2D eigenvalue weighted by Crippen LogP contribution is 2.36. The molecule has 0 aliphatic rings. The first-order valence-corrected chi connectivity index (χ1v) is 11.1. The van der Waals surface area contributed by atoms with Gasteiger partial charge in [0.15, 0.2) is 0 Å². The van der Waals surface area contributed by atoms with Crippen molar-refractivity contribution in [3.63, 3.8) is 0 Å². The molecule has 0 saturated carbocycles. The molecule has 31 heavy (non-hydrogen) atoms. The van der Waals surface area contributed by atoms with Gasteiger partial charge in [-0.2, -0.15) is 13.2 Å². The molecular weight excluding hydrogens is 435 g/mol. The quantitative estimate of drug-likeness (QED) is 0.540. The Morgan fingerprint density at radius 1 is 1.13 bits per heavy atom. The summed E-state index contributed by atoms with van der Waals surface area (Å²) in [5.74, 6) is -1.59. The Bertz CT molecular complexity index is 1020. The number of rotatable bonds is 9. The van der Waals surface area contributed by atoms with Crippen molar-refractivity contribution in [2.45, 2.75) is 45.2 Å². The molecule has 0 amide bonds. The van der Waals surface area contributed by atoms with Crippen molar-refractivity contribution in [1.29, 1.82) is 0 Å². The number of benzene rings is 2. The van der Waals surface area contributed by atoms with Gasteiger partial charge in [-0.05, 0) is 48.2 Å². The number of sulfonamides is 1. The first-order chi connectivity index (χ1) is 14.3. The van der Waals surface area contributed by atoms with Crippen LogP contribution in [0, 0.1) is 5.92 Å². The van der Waals surface area contributed by atoms with Crippen LogP contribution in [0.25, 0.3) is 0 Å². The topological polar surface area (TPSA) is 92.7 Å². The number of hydrogen-bond donors (Lipinski definition) is 2. The highest BCUT2D eigenvalue weighted by Gasteiger charge is 2.33. The Morgan fingerprint density at radius 2 is 1.74 bits per heavy atom. The lowest BCUT2D eigenvalue weighted by molar-refractivity contribution is -0.137. The van der Waals surface area contributed by atoms with Crippen LogP contribution < -0.4 is 9.46 Å². The number of nitrogens with one attached hydrogen (secondary N) is 1. The zero-order valence-corrected chi connectivity index (χ0v) is 18.0. The van der Waals surface area contributed by atoms with E-state index in [2.05, 4.69) is 4.72 Å². The molecule has 0 radical (unpaired) electrons. The number of carboxylic acids is 1. The molecule has 170 valence electrons. The lowest BCUT2D eigenvalue weighted by atomic mass is 10.1. The van der Waals surface area contributed by atoms with E-state index in [9.17, 15) is 26.4 Å². The smallest absolute Gasteiger partial charge is 0.416 e. The maximum absolute atomic E-state index is 13.2. The van der Waals surface area contributed by atoms with Crippen LogP contribution in [0.2, 0.25) is 0 Å². The molecule has 0 aliphatic carbocycles. The van der Waals surface area contributed by atoms with Crippen molar-refractivity contribution in [3.8, 4) is 5.75 Å². The van der Waals surface area contributed by atoms with E-state index in [0.717, 1.165) is 18.2 Å². The maximum Gasteiger partial charge on any atom is 0.416 e. The normalized spacial score (nSPS) is 13.1. The Hall–Kier alpha value is -2.75. The summed E-state index contributed by atoms with van der Waals surface area (Å²) in [6.45, 7) is 5.03. The average Bonchev–Trinajstić information content (AvgIpc) is 2.66. The number of carbonyl (C=O) groups is 1. The van der Waals surface area contributed by atoms with E-state index in [-0.39, 0.29) is 29.5 Å². The number of halogens is 3. The van der Waals surface area contributed by atoms with Crippen LogP contribution in [0.1, 0.15) is 48.7 Å². The zero-order chi connectivity index (χ0) is 23.4. The van der Waals surface area contributed by atoms with E-state index in [1.54, 1.807) is 20.8 Å². The number of hydrogen-bond acceptors (Lipinski definition) is 4. The zero-order valence-electron chi connectivity index (χ0n) is 17.2. The van der Waals surface area contributed by atoms with Gasteiger partial charge in [-0.25, -0.2) is 13.2 Å². The Labute approximate surface area is 179 Å². The van der Waals surface area contributed by atoms with Crippen LogP contribution in [-0.2, 0) is 22.8 Å². The van der Waals surface area contributed by atoms with Gasteiger partial charge in [0, 0.05) is 0 Å². The summed E-state index contributed by atoms with van der Waals surface area (Å²) >= 11 is 0. The minimum absolute atomic E-state index is 0.0514. The molecule has 0 fully saturated rings. The van der Waals surface area contributed by atoms with E-state index in [1.165, 1.54) is 24.3 Å². The first kappa shape index (κ1) is 24.5. The average molecular weight is 459 g/mol. The summed E-state index contributed by atoms with van der Waals surface area (Å²) in [6, 6.07) is 8.15. The van der Waals surface area contributed by atoms with E-state index in [1.807, 2.05) is 0 Å². The molecule has 0 heterocycles. The number of aromatic carboxylic acids is 1. The second-order valence-corrected chi connectivity index (χ2v) is 9.24. The molecule has 6 nitrogen and oxygen atoms in total. The number of ether oxygens (including phenoxy) is 1. The van der Waals surface area contributed by atoms with E-state index >= 15 is 0 Å². The van der Waals surface area contributed by atoms with Crippen molar-refractivity contribution in [3.05, 3.63) is 59.2 Å². The van der Waals surface area contributed by atoms with Gasteiger partial charge in [-0.3, -0.25) is 4.72 Å². The van der Waals surface area contributed by atoms with Gasteiger partial charge in [0.05, 0.1) is 22.1 Å². The van der Waals surface area contributed by atoms with Crippen LogP contribution in [0.5, 0.6) is 5.75 Å². The maximum atomic E-state index is 13.2. The van der Waals surface area contributed by atoms with Gasteiger partial charge in [0.25, 0.3) is 0 Å². The number of anilines is 1. The fraction of sp³-hybridized carbons (Fsp3) is 0.381. The molecule has 1 atom stereocenters. The fourth-order valence-electron chi connectivity index (χ4n) is 3.09. The molecule has 0 aromatic heterocycles. The van der Waals surface area contributed by atoms with Crippen molar-refractivity contribution in [2.75, 3.05) is 4.72 Å². The van der Waals surface area contributed by atoms with Crippen molar-refractivity contribution >= 4 is 21.7 Å². The van der Waals surface area contributed by atoms with Crippen molar-refractivity contribution < 1.29 is 36.2 Å². The summed E-state index contributed by atoms with van der Waals surface area (Å²) < 4.78 is 72.8. The largest absolute Gasteiger partial charge is 0.487 e. The van der Waals surface area contributed by atoms with E-state index in [0.29, 0.717) is 12.0 Å². The van der Waals surface area contributed by atoms with Crippen molar-refractivity contribution in [1.82, 2.24) is 0 Å². The molecule has 2 aromatic carbocycles. The molecule has 0 spiro atoms. The van der Waals surface area contributed by atoms with Crippen LogP contribution in [0.4, 0.5) is 18.9 Å². The third-order valence-corrected chi connectivity index (χ3v) is 6.88. The summed E-state index contributed by atoms with van der Waals surface area (Å²) in [5, 5.41) is 8.21. The minimum atomic E-state index is -4.64. The third-order valence-electron chi connectivity index (χ3n) is 4.70. The highest BCUT2D eigenvalue weighted by molar-refractivity contribution is 7.93. The molecule has 10 heteroatoms. The summed E-state index contributed by atoms with van der Waals surface area (Å²) in [7, 11) is -3.87. The standard InChI is InChI=1S/C21H24F3NO5S/c1-4-19(13(2)3)31(28,29)25-17-10-9-16(21(22,23)24)11-18(17)30-12-14-5-7-15(8-6-14)20(26)27/h5-11,13,19,25H,4,12H2,1-3H3,(H,26,27). The predicted octanol–water partition coefficient (Wildman–Crippen LogP) is 5.16. The third kappa shape index (κ3) is 6.36. The number of alkyl halides is 3. The Balaban J connectivity index is 2.35. The molecule has 0 saturated heterocycles. The lowest BCUT2D eigenvalue weighted by Crippen LogP contribution is -2.31. The van der Waals surface area contributed by atoms with Crippen molar-refractivity contribution in [2.24, 2.45) is 5.92 Å². The molecule has 1 unspecified atom stereocenters. The highest BCUT2D eigenvalue weighted by atomic mass is 32.2. The molecule has 2 N–H and O–H groups in total. The molecular formula is C21H24F3NO5S. The Morgan fingerprint density at radius 3 is 2.23 bits per heavy atom. The van der Waals surface area contributed by atoms with Gasteiger partial charge < -0.3 is 9.84 Å². The number of carboxylic acid groups (broad SMARTS) is 1. The van der Waals surface area contributed by atoms with Gasteiger partial charge in [-0.15, -0.1) is 0 Å². The van der Waals surface area contributed by atoms with E-state index in [4.69, 9.17) is 9.84 Å². The van der Waals surface area contributed by atoms with Gasteiger partial charge in [0.2, 0.25) is 10.0 Å². The van der Waals surface area contributed by atoms with Gasteiger partial charge in [0.1, 0.15) is 12.4 Å².